The Morgan fingerprint density at radius 2 is 1.42 bits per heavy atom. The minimum absolute atomic E-state index is 0. The number of hydrogen-bond acceptors (Lipinski definition) is 2. The summed E-state index contributed by atoms with van der Waals surface area (Å²) >= 11 is 0. The van der Waals surface area contributed by atoms with Crippen LogP contribution in [0.4, 0.5) is 0 Å². The summed E-state index contributed by atoms with van der Waals surface area (Å²) in [7, 11) is 0. The van der Waals surface area contributed by atoms with E-state index in [9.17, 15) is 0 Å². The van der Waals surface area contributed by atoms with E-state index in [1.54, 1.807) is 0 Å². The molecule has 1 atom stereocenters. The van der Waals surface area contributed by atoms with Gasteiger partial charge in [-0.15, -0.1) is 0 Å². The minimum atomic E-state index is 0. The molecule has 2 aliphatic heterocycles. The SMILES string of the molecule is C.C.CC.CC.CC(C)(C)C1=NCCC1.CC(C)(C)C1CC=NC1. The Morgan fingerprint density at radius 3 is 1.58 bits per heavy atom. The van der Waals surface area contributed by atoms with Gasteiger partial charge in [0.1, 0.15) is 0 Å². The quantitative estimate of drug-likeness (QED) is 0.430. The lowest BCUT2D eigenvalue weighted by Crippen LogP contribution is -2.20. The predicted molar refractivity (Wildman–Crippen MR) is 118 cm³/mol. The van der Waals surface area contributed by atoms with Crippen molar-refractivity contribution in [1.29, 1.82) is 0 Å². The summed E-state index contributed by atoms with van der Waals surface area (Å²) in [6.07, 6.45) is 5.73. The van der Waals surface area contributed by atoms with Crippen LogP contribution in [0.3, 0.4) is 0 Å². The molecule has 0 aromatic rings. The lowest BCUT2D eigenvalue weighted by molar-refractivity contribution is 0.266. The standard InChI is InChI=1S/2C8H15N.2C2H6.2CH4/c1-8(2,3)7-4-5-9-6-7;1-8(2,3)7-5-4-6-9-7;2*1-2;;/h5,7H,4,6H2,1-3H3;4-6H2,1-3H3;2*1-2H3;2*1H4. The van der Waals surface area contributed by atoms with Crippen LogP contribution in [0.1, 0.15) is 103 Å². The molecule has 0 N–H and O–H groups in total. The third-order valence-corrected chi connectivity index (χ3v) is 3.81. The molecule has 2 nitrogen and oxygen atoms in total. The van der Waals surface area contributed by atoms with E-state index in [0.29, 0.717) is 10.8 Å². The molecule has 2 aliphatic rings. The normalized spacial score (nSPS) is 18.2. The molecule has 148 valence electrons. The Balaban J connectivity index is -0.000000129. The highest BCUT2D eigenvalue weighted by Gasteiger charge is 2.25. The monoisotopic (exact) mass is 342 g/mol. The summed E-state index contributed by atoms with van der Waals surface area (Å²) in [6.45, 7) is 23.7. The Morgan fingerprint density at radius 1 is 0.917 bits per heavy atom. The minimum Gasteiger partial charge on any atom is -0.297 e. The molecule has 0 amide bonds. The van der Waals surface area contributed by atoms with Crippen LogP contribution in [-0.4, -0.2) is 25.0 Å². The van der Waals surface area contributed by atoms with Gasteiger partial charge in [-0.25, -0.2) is 0 Å². The van der Waals surface area contributed by atoms with Gasteiger partial charge in [0, 0.05) is 18.8 Å². The van der Waals surface area contributed by atoms with Crippen LogP contribution in [-0.2, 0) is 0 Å². The van der Waals surface area contributed by atoms with Crippen LogP contribution in [0, 0.1) is 16.7 Å². The molecule has 0 aliphatic carbocycles. The van der Waals surface area contributed by atoms with Crippen molar-refractivity contribution in [3.05, 3.63) is 0 Å². The van der Waals surface area contributed by atoms with E-state index in [1.807, 2.05) is 27.7 Å². The molecule has 0 saturated heterocycles. The molecule has 24 heavy (non-hydrogen) atoms. The van der Waals surface area contributed by atoms with E-state index in [1.165, 1.54) is 25.0 Å². The van der Waals surface area contributed by atoms with E-state index in [-0.39, 0.29) is 14.9 Å². The van der Waals surface area contributed by atoms with Crippen LogP contribution < -0.4 is 0 Å². The average Bonchev–Trinajstić information content (AvgIpc) is 3.16. The molecule has 0 bridgehead atoms. The zero-order chi connectivity index (χ0) is 17.8. The second kappa shape index (κ2) is 15.8. The van der Waals surface area contributed by atoms with Gasteiger partial charge in [-0.1, -0.05) is 84.1 Å². The van der Waals surface area contributed by atoms with Crippen molar-refractivity contribution in [2.75, 3.05) is 13.1 Å². The van der Waals surface area contributed by atoms with Crippen LogP contribution >= 0.6 is 0 Å². The molecule has 0 spiro atoms. The van der Waals surface area contributed by atoms with Crippen molar-refractivity contribution < 1.29 is 0 Å². The van der Waals surface area contributed by atoms with Gasteiger partial charge in [0.15, 0.2) is 0 Å². The molecule has 0 aromatic carbocycles. The van der Waals surface area contributed by atoms with E-state index in [4.69, 9.17) is 0 Å². The van der Waals surface area contributed by atoms with Gasteiger partial charge in [0.05, 0.1) is 0 Å². The first-order chi connectivity index (χ1) is 10.2. The van der Waals surface area contributed by atoms with Gasteiger partial charge in [-0.3, -0.25) is 9.98 Å². The lowest BCUT2D eigenvalue weighted by atomic mass is 9.80. The first-order valence-corrected chi connectivity index (χ1v) is 9.23. The molecule has 2 heteroatoms. The maximum atomic E-state index is 4.42. The summed E-state index contributed by atoms with van der Waals surface area (Å²) in [6, 6.07) is 0. The maximum absolute atomic E-state index is 4.42. The number of aliphatic imine (C=N–C) groups is 2. The fraction of sp³-hybridized carbons (Fsp3) is 0.909. The van der Waals surface area contributed by atoms with Gasteiger partial charge in [-0.05, 0) is 42.2 Å². The highest BCUT2D eigenvalue weighted by atomic mass is 14.8. The van der Waals surface area contributed by atoms with Crippen molar-refractivity contribution in [3.63, 3.8) is 0 Å². The van der Waals surface area contributed by atoms with Gasteiger partial charge < -0.3 is 0 Å². The average molecular weight is 343 g/mol. The molecule has 1 unspecified atom stereocenters. The predicted octanol–water partition coefficient (Wildman–Crippen LogP) is 7.72. The Hall–Kier alpha value is -0.660. The number of hydrogen-bond donors (Lipinski definition) is 0. The van der Waals surface area contributed by atoms with Gasteiger partial charge in [-0.2, -0.15) is 0 Å². The van der Waals surface area contributed by atoms with E-state index < -0.39 is 0 Å². The van der Waals surface area contributed by atoms with Crippen molar-refractivity contribution in [2.24, 2.45) is 26.7 Å². The van der Waals surface area contributed by atoms with Crippen LogP contribution in [0.5, 0.6) is 0 Å². The topological polar surface area (TPSA) is 24.7 Å². The fourth-order valence-electron chi connectivity index (χ4n) is 2.26. The summed E-state index contributed by atoms with van der Waals surface area (Å²) in [4.78, 5) is 8.63. The Bertz CT molecular complexity index is 306. The first-order valence-electron chi connectivity index (χ1n) is 9.23. The van der Waals surface area contributed by atoms with Crippen molar-refractivity contribution in [3.8, 4) is 0 Å². The second-order valence-electron chi connectivity index (χ2n) is 7.53. The smallest absolute Gasteiger partial charge is 0.0422 e. The third-order valence-electron chi connectivity index (χ3n) is 3.81. The lowest BCUT2D eigenvalue weighted by Gasteiger charge is -2.25. The molecule has 2 heterocycles. The largest absolute Gasteiger partial charge is 0.297 e. The molecule has 0 saturated carbocycles. The van der Waals surface area contributed by atoms with Crippen molar-refractivity contribution in [1.82, 2.24) is 0 Å². The van der Waals surface area contributed by atoms with Crippen molar-refractivity contribution >= 4 is 11.9 Å². The van der Waals surface area contributed by atoms with E-state index in [2.05, 4.69) is 57.7 Å². The van der Waals surface area contributed by atoms with Gasteiger partial charge in [0.2, 0.25) is 0 Å². The van der Waals surface area contributed by atoms with Gasteiger partial charge in [0.25, 0.3) is 0 Å². The third kappa shape index (κ3) is 13.7. The zero-order valence-electron chi connectivity index (χ0n) is 17.1. The fourth-order valence-corrected chi connectivity index (χ4v) is 2.26. The molecule has 0 radical (unpaired) electrons. The number of nitrogens with zero attached hydrogens (tertiary/aromatic N) is 2. The highest BCUT2D eigenvalue weighted by molar-refractivity contribution is 5.90. The Labute approximate surface area is 155 Å². The Kier molecular flexibility index (Phi) is 20.6. The summed E-state index contributed by atoms with van der Waals surface area (Å²) in [5.41, 5.74) is 2.19. The van der Waals surface area contributed by atoms with Crippen molar-refractivity contribution in [2.45, 2.75) is 103 Å². The van der Waals surface area contributed by atoms with E-state index >= 15 is 0 Å². The second-order valence-corrected chi connectivity index (χ2v) is 7.53. The molecule has 0 fully saturated rings. The van der Waals surface area contributed by atoms with Gasteiger partial charge >= 0.3 is 0 Å². The highest BCUT2D eigenvalue weighted by Crippen LogP contribution is 2.30. The summed E-state index contributed by atoms with van der Waals surface area (Å²) < 4.78 is 0. The van der Waals surface area contributed by atoms with Crippen LogP contribution in [0.15, 0.2) is 9.98 Å². The first kappa shape index (κ1) is 31.1. The van der Waals surface area contributed by atoms with E-state index in [0.717, 1.165) is 19.0 Å². The van der Waals surface area contributed by atoms with Crippen LogP contribution in [0.2, 0.25) is 0 Å². The summed E-state index contributed by atoms with van der Waals surface area (Å²) in [5, 5.41) is 0. The molecule has 0 aromatic heterocycles. The van der Waals surface area contributed by atoms with Crippen LogP contribution in [0.25, 0.3) is 0 Å². The molecule has 2 rings (SSSR count). The zero-order valence-corrected chi connectivity index (χ0v) is 17.1. The summed E-state index contributed by atoms with van der Waals surface area (Å²) in [5.74, 6) is 0.789. The molecular formula is C22H50N2. The maximum Gasteiger partial charge on any atom is 0.0422 e. The molecular weight excluding hydrogens is 292 g/mol. The number of rotatable bonds is 0.